The number of likely N-dealkylation sites (tertiary alicyclic amines) is 1. The van der Waals surface area contributed by atoms with E-state index < -0.39 is 0 Å². The van der Waals surface area contributed by atoms with E-state index in [0.717, 1.165) is 23.6 Å². The molecule has 1 aromatic rings. The summed E-state index contributed by atoms with van der Waals surface area (Å²) in [6.07, 6.45) is 0.639. The summed E-state index contributed by atoms with van der Waals surface area (Å²) in [6.45, 7) is 4.16. The van der Waals surface area contributed by atoms with E-state index in [1.165, 1.54) is 0 Å². The van der Waals surface area contributed by atoms with Crippen LogP contribution < -0.4 is 4.74 Å². The number of carbonyl (C=O) groups excluding carboxylic acids is 1. The zero-order valence-electron chi connectivity index (χ0n) is 10.6. The lowest BCUT2D eigenvalue weighted by molar-refractivity contribution is -0.128. The molecule has 1 saturated heterocycles. The van der Waals surface area contributed by atoms with Crippen molar-refractivity contribution in [2.75, 3.05) is 18.9 Å². The molecule has 98 valence electrons. The average Bonchev–Trinajstić information content (AvgIpc) is 2.73. The van der Waals surface area contributed by atoms with E-state index in [0.29, 0.717) is 25.5 Å². The molecule has 2 rings (SSSR count). The van der Waals surface area contributed by atoms with Gasteiger partial charge in [-0.25, -0.2) is 0 Å². The van der Waals surface area contributed by atoms with Crippen molar-refractivity contribution in [3.63, 3.8) is 0 Å². The van der Waals surface area contributed by atoms with Gasteiger partial charge in [0.25, 0.3) is 0 Å². The number of benzene rings is 1. The fourth-order valence-corrected chi connectivity index (χ4v) is 2.45. The first kappa shape index (κ1) is 13.3. The maximum Gasteiger partial charge on any atom is 0.223 e. The topological polar surface area (TPSA) is 29.5 Å². The summed E-state index contributed by atoms with van der Waals surface area (Å²) >= 11 is 4.26. The molecule has 0 bridgehead atoms. The minimum atomic E-state index is 0.239. The van der Waals surface area contributed by atoms with Gasteiger partial charge in [-0.1, -0.05) is 12.1 Å². The van der Waals surface area contributed by atoms with Crippen LogP contribution in [0.4, 0.5) is 0 Å². The van der Waals surface area contributed by atoms with E-state index in [1.807, 2.05) is 36.1 Å². The summed E-state index contributed by atoms with van der Waals surface area (Å²) in [7, 11) is 0. The van der Waals surface area contributed by atoms with Crippen LogP contribution in [0.5, 0.6) is 5.75 Å². The molecule has 0 N–H and O–H groups in total. The van der Waals surface area contributed by atoms with E-state index >= 15 is 0 Å². The molecule has 1 atom stereocenters. The monoisotopic (exact) mass is 265 g/mol. The molecule has 1 aromatic carbocycles. The zero-order chi connectivity index (χ0) is 13.0. The molecule has 0 aromatic heterocycles. The Hall–Kier alpha value is -1.16. The smallest absolute Gasteiger partial charge is 0.223 e. The number of rotatable bonds is 5. The highest BCUT2D eigenvalue weighted by Gasteiger charge is 2.28. The second-order valence-corrected chi connectivity index (χ2v) is 4.97. The first-order valence-electron chi connectivity index (χ1n) is 6.33. The van der Waals surface area contributed by atoms with Crippen LogP contribution in [-0.4, -0.2) is 29.7 Å². The summed E-state index contributed by atoms with van der Waals surface area (Å²) in [5.41, 5.74) is 1.15. The Balaban J connectivity index is 1.95. The highest BCUT2D eigenvalue weighted by molar-refractivity contribution is 7.80. The summed E-state index contributed by atoms with van der Waals surface area (Å²) in [6, 6.07) is 7.95. The third-order valence-corrected chi connectivity index (χ3v) is 3.68. The van der Waals surface area contributed by atoms with Gasteiger partial charge in [-0.3, -0.25) is 4.79 Å². The second kappa shape index (κ2) is 6.14. The van der Waals surface area contributed by atoms with Gasteiger partial charge in [-0.05, 0) is 36.3 Å². The Morgan fingerprint density at radius 3 is 2.67 bits per heavy atom. The molecule has 0 radical (unpaired) electrons. The third kappa shape index (κ3) is 3.19. The number of nitrogens with zero attached hydrogens (tertiary/aromatic N) is 1. The summed E-state index contributed by atoms with van der Waals surface area (Å²) < 4.78 is 5.40. The van der Waals surface area contributed by atoms with Crippen molar-refractivity contribution < 1.29 is 9.53 Å². The predicted octanol–water partition coefficient (Wildman–Crippen LogP) is 2.36. The Morgan fingerprint density at radius 1 is 1.39 bits per heavy atom. The third-order valence-electron chi connectivity index (χ3n) is 3.16. The van der Waals surface area contributed by atoms with E-state index in [-0.39, 0.29) is 5.91 Å². The number of carbonyl (C=O) groups is 1. The van der Waals surface area contributed by atoms with Gasteiger partial charge in [0.1, 0.15) is 5.75 Å². The largest absolute Gasteiger partial charge is 0.494 e. The van der Waals surface area contributed by atoms with Gasteiger partial charge < -0.3 is 9.64 Å². The van der Waals surface area contributed by atoms with Crippen molar-refractivity contribution in [3.05, 3.63) is 29.8 Å². The quantitative estimate of drug-likeness (QED) is 0.828. The standard InChI is InChI=1S/C14H19NO2S/c1-2-17-13-5-3-11(4-6-13)8-15-9-12(10-18)7-14(15)16/h3-6,12,18H,2,7-10H2,1H3. The van der Waals surface area contributed by atoms with Crippen LogP contribution in [0.15, 0.2) is 24.3 Å². The van der Waals surface area contributed by atoms with Gasteiger partial charge in [-0.15, -0.1) is 0 Å². The second-order valence-electron chi connectivity index (χ2n) is 4.60. The number of hydrogen-bond donors (Lipinski definition) is 1. The maximum absolute atomic E-state index is 11.8. The fraction of sp³-hybridized carbons (Fsp3) is 0.500. The number of hydrogen-bond acceptors (Lipinski definition) is 3. The number of ether oxygens (including phenoxy) is 1. The molecule has 1 unspecified atom stereocenters. The Morgan fingerprint density at radius 2 is 2.11 bits per heavy atom. The summed E-state index contributed by atoms with van der Waals surface area (Å²) in [5, 5.41) is 0. The molecule has 0 saturated carbocycles. The lowest BCUT2D eigenvalue weighted by atomic mass is 10.1. The molecule has 0 aliphatic carbocycles. The van der Waals surface area contributed by atoms with E-state index in [9.17, 15) is 4.79 Å². The van der Waals surface area contributed by atoms with Crippen LogP contribution in [-0.2, 0) is 11.3 Å². The molecule has 1 heterocycles. The maximum atomic E-state index is 11.8. The van der Waals surface area contributed by atoms with Gasteiger partial charge in [0.2, 0.25) is 5.91 Å². The zero-order valence-corrected chi connectivity index (χ0v) is 11.5. The van der Waals surface area contributed by atoms with E-state index in [2.05, 4.69) is 12.6 Å². The first-order chi connectivity index (χ1) is 8.72. The molecular weight excluding hydrogens is 246 g/mol. The minimum absolute atomic E-state index is 0.239. The van der Waals surface area contributed by atoms with Crippen molar-refractivity contribution >= 4 is 18.5 Å². The molecule has 1 aliphatic rings. The first-order valence-corrected chi connectivity index (χ1v) is 6.96. The molecule has 4 heteroatoms. The van der Waals surface area contributed by atoms with E-state index in [1.54, 1.807) is 0 Å². The summed E-state index contributed by atoms with van der Waals surface area (Å²) in [4.78, 5) is 13.7. The molecule has 0 spiro atoms. The van der Waals surface area contributed by atoms with Crippen molar-refractivity contribution in [1.82, 2.24) is 4.90 Å². The van der Waals surface area contributed by atoms with Crippen molar-refractivity contribution in [2.45, 2.75) is 19.9 Å². The fourth-order valence-electron chi connectivity index (χ4n) is 2.21. The lowest BCUT2D eigenvalue weighted by Crippen LogP contribution is -2.24. The van der Waals surface area contributed by atoms with Crippen LogP contribution in [0.2, 0.25) is 0 Å². The van der Waals surface area contributed by atoms with Crippen molar-refractivity contribution in [1.29, 1.82) is 0 Å². The Labute approximate surface area is 114 Å². The molecule has 1 fully saturated rings. The van der Waals surface area contributed by atoms with Gasteiger partial charge in [0.15, 0.2) is 0 Å². The number of thiol groups is 1. The van der Waals surface area contributed by atoms with Crippen LogP contribution in [0.1, 0.15) is 18.9 Å². The van der Waals surface area contributed by atoms with Gasteiger partial charge in [-0.2, -0.15) is 12.6 Å². The van der Waals surface area contributed by atoms with Crippen LogP contribution in [0, 0.1) is 5.92 Å². The highest BCUT2D eigenvalue weighted by atomic mass is 32.1. The predicted molar refractivity (Wildman–Crippen MR) is 75.0 cm³/mol. The average molecular weight is 265 g/mol. The van der Waals surface area contributed by atoms with Gasteiger partial charge in [0, 0.05) is 19.5 Å². The molecule has 18 heavy (non-hydrogen) atoms. The van der Waals surface area contributed by atoms with E-state index in [4.69, 9.17) is 4.74 Å². The van der Waals surface area contributed by atoms with Crippen LogP contribution >= 0.6 is 12.6 Å². The van der Waals surface area contributed by atoms with Gasteiger partial charge in [0.05, 0.1) is 6.61 Å². The van der Waals surface area contributed by atoms with Crippen LogP contribution in [0.25, 0.3) is 0 Å². The lowest BCUT2D eigenvalue weighted by Gasteiger charge is -2.16. The SMILES string of the molecule is CCOc1ccc(CN2CC(CS)CC2=O)cc1. The summed E-state index contributed by atoms with van der Waals surface area (Å²) in [5.74, 6) is 2.31. The molecule has 3 nitrogen and oxygen atoms in total. The van der Waals surface area contributed by atoms with Gasteiger partial charge >= 0.3 is 0 Å². The minimum Gasteiger partial charge on any atom is -0.494 e. The number of amides is 1. The highest BCUT2D eigenvalue weighted by Crippen LogP contribution is 2.21. The molecule has 1 amide bonds. The molecular formula is C14H19NO2S. The van der Waals surface area contributed by atoms with Crippen LogP contribution in [0.3, 0.4) is 0 Å². The van der Waals surface area contributed by atoms with Crippen molar-refractivity contribution in [3.8, 4) is 5.75 Å². The Bertz CT molecular complexity index is 405. The Kier molecular flexibility index (Phi) is 4.53. The van der Waals surface area contributed by atoms with Crippen molar-refractivity contribution in [2.24, 2.45) is 5.92 Å². The normalized spacial score (nSPS) is 19.3. The molecule has 1 aliphatic heterocycles.